The molecule has 1 fully saturated rings. The second kappa shape index (κ2) is 6.04. The lowest BCUT2D eigenvalue weighted by atomic mass is 9.90. The summed E-state index contributed by atoms with van der Waals surface area (Å²) >= 11 is 0. The molecule has 21 heavy (non-hydrogen) atoms. The summed E-state index contributed by atoms with van der Waals surface area (Å²) < 4.78 is 31.3. The van der Waals surface area contributed by atoms with E-state index in [9.17, 15) is 23.5 Å². The van der Waals surface area contributed by atoms with Crippen LogP contribution < -0.4 is 10.6 Å². The Hall–Kier alpha value is -2.22. The van der Waals surface area contributed by atoms with E-state index in [1.807, 2.05) is 0 Å². The van der Waals surface area contributed by atoms with Crippen molar-refractivity contribution < 1.29 is 28.2 Å². The van der Waals surface area contributed by atoms with Crippen LogP contribution in [0, 0.1) is 11.6 Å². The third-order valence-corrected chi connectivity index (χ3v) is 3.29. The number of anilines is 1. The Morgan fingerprint density at radius 2 is 1.90 bits per heavy atom. The van der Waals surface area contributed by atoms with Gasteiger partial charge in [-0.15, -0.1) is 0 Å². The average Bonchev–Trinajstić information content (AvgIpc) is 2.43. The van der Waals surface area contributed by atoms with Crippen LogP contribution in [0.25, 0.3) is 0 Å². The molecule has 1 aromatic carbocycles. The van der Waals surface area contributed by atoms with Crippen molar-refractivity contribution in [3.63, 3.8) is 0 Å². The van der Waals surface area contributed by atoms with Crippen LogP contribution >= 0.6 is 0 Å². The largest absolute Gasteiger partial charge is 0.480 e. The predicted octanol–water partition coefficient (Wildman–Crippen LogP) is 1.72. The molecule has 0 saturated carbocycles. The molecule has 8 heteroatoms. The fourth-order valence-corrected chi connectivity index (χ4v) is 2.07. The molecule has 1 saturated heterocycles. The number of rotatable bonds is 3. The third-order valence-electron chi connectivity index (χ3n) is 3.29. The van der Waals surface area contributed by atoms with Gasteiger partial charge in [0.25, 0.3) is 0 Å². The smallest absolute Gasteiger partial charge is 0.329 e. The number of carboxylic acids is 1. The van der Waals surface area contributed by atoms with Crippen molar-refractivity contribution in [1.82, 2.24) is 5.32 Å². The molecule has 0 spiro atoms. The minimum atomic E-state index is -1.45. The van der Waals surface area contributed by atoms with Gasteiger partial charge in [-0.05, 0) is 12.1 Å². The number of carbonyl (C=O) groups excluding carboxylic acids is 1. The Morgan fingerprint density at radius 1 is 1.24 bits per heavy atom. The van der Waals surface area contributed by atoms with E-state index in [1.54, 1.807) is 0 Å². The summed E-state index contributed by atoms with van der Waals surface area (Å²) in [6.07, 6.45) is 0.226. The maximum absolute atomic E-state index is 13.4. The second-order valence-electron chi connectivity index (χ2n) is 4.70. The monoisotopic (exact) mass is 300 g/mol. The number of amides is 2. The lowest BCUT2D eigenvalue weighted by Gasteiger charge is -2.33. The van der Waals surface area contributed by atoms with Gasteiger partial charge in [-0.1, -0.05) is 0 Å². The van der Waals surface area contributed by atoms with Crippen molar-refractivity contribution in [2.24, 2.45) is 0 Å². The van der Waals surface area contributed by atoms with E-state index < -0.39 is 29.2 Å². The zero-order valence-corrected chi connectivity index (χ0v) is 11.0. The van der Waals surface area contributed by atoms with Crippen LogP contribution in [0.5, 0.6) is 0 Å². The standard InChI is InChI=1S/C13H14F2N2O4/c14-8-1-2-10(9(15)7-8)16-12(20)17-13(11(18)19)3-5-21-6-4-13/h1-2,7H,3-6H2,(H,18,19)(H2,16,17,20). The van der Waals surface area contributed by atoms with Gasteiger partial charge >= 0.3 is 12.0 Å². The van der Waals surface area contributed by atoms with E-state index >= 15 is 0 Å². The summed E-state index contributed by atoms with van der Waals surface area (Å²) in [6.45, 7) is 0.412. The third kappa shape index (κ3) is 3.46. The van der Waals surface area contributed by atoms with E-state index in [0.29, 0.717) is 6.07 Å². The summed E-state index contributed by atoms with van der Waals surface area (Å²) in [4.78, 5) is 23.2. The Bertz CT molecular complexity index is 559. The van der Waals surface area contributed by atoms with Crippen LogP contribution in [-0.2, 0) is 9.53 Å². The van der Waals surface area contributed by atoms with E-state index in [0.717, 1.165) is 12.1 Å². The second-order valence-corrected chi connectivity index (χ2v) is 4.70. The van der Waals surface area contributed by atoms with Crippen LogP contribution in [0.3, 0.4) is 0 Å². The molecule has 2 amide bonds. The normalized spacial score (nSPS) is 17.0. The SMILES string of the molecule is O=C(Nc1ccc(F)cc1F)NC1(C(=O)O)CCOCC1. The quantitative estimate of drug-likeness (QED) is 0.793. The lowest BCUT2D eigenvalue weighted by Crippen LogP contribution is -2.58. The predicted molar refractivity (Wildman–Crippen MR) is 68.9 cm³/mol. The van der Waals surface area contributed by atoms with Crippen LogP contribution in [0.15, 0.2) is 18.2 Å². The number of carbonyl (C=O) groups is 2. The number of halogens is 2. The molecule has 1 aromatic rings. The number of hydrogen-bond acceptors (Lipinski definition) is 3. The highest BCUT2D eigenvalue weighted by Crippen LogP contribution is 2.22. The van der Waals surface area contributed by atoms with Gasteiger partial charge in [0, 0.05) is 32.1 Å². The van der Waals surface area contributed by atoms with Gasteiger partial charge in [-0.25, -0.2) is 18.4 Å². The van der Waals surface area contributed by atoms with Gasteiger partial charge < -0.3 is 20.5 Å². The molecule has 3 N–H and O–H groups in total. The average molecular weight is 300 g/mol. The van der Waals surface area contributed by atoms with Crippen LogP contribution in [0.1, 0.15) is 12.8 Å². The van der Waals surface area contributed by atoms with E-state index in [1.165, 1.54) is 0 Å². The van der Waals surface area contributed by atoms with Gasteiger partial charge in [0.05, 0.1) is 5.69 Å². The summed E-state index contributed by atoms with van der Waals surface area (Å²) in [7, 11) is 0. The summed E-state index contributed by atoms with van der Waals surface area (Å²) in [6, 6.07) is 1.79. The Kier molecular flexibility index (Phi) is 4.37. The molecule has 0 aliphatic carbocycles. The molecular weight excluding hydrogens is 286 g/mol. The zero-order chi connectivity index (χ0) is 15.5. The van der Waals surface area contributed by atoms with Crippen molar-refractivity contribution in [2.75, 3.05) is 18.5 Å². The first kappa shape index (κ1) is 15.2. The van der Waals surface area contributed by atoms with Gasteiger partial charge in [0.1, 0.15) is 17.2 Å². The van der Waals surface area contributed by atoms with Gasteiger partial charge in [-0.2, -0.15) is 0 Å². The van der Waals surface area contributed by atoms with Crippen molar-refractivity contribution >= 4 is 17.7 Å². The number of urea groups is 1. The highest BCUT2D eigenvalue weighted by Gasteiger charge is 2.41. The molecule has 114 valence electrons. The van der Waals surface area contributed by atoms with E-state index in [-0.39, 0.29) is 31.7 Å². The number of ether oxygens (including phenoxy) is 1. The summed E-state index contributed by atoms with van der Waals surface area (Å²) in [5, 5.41) is 13.8. The molecular formula is C13H14F2N2O4. The zero-order valence-electron chi connectivity index (χ0n) is 11.0. The topological polar surface area (TPSA) is 87.7 Å². The molecule has 1 aliphatic heterocycles. The highest BCUT2D eigenvalue weighted by atomic mass is 19.1. The summed E-state index contributed by atoms with van der Waals surface area (Å²) in [5.74, 6) is -2.90. The molecule has 0 unspecified atom stereocenters. The lowest BCUT2D eigenvalue weighted by molar-refractivity contribution is -0.148. The Balaban J connectivity index is 2.07. The first-order valence-electron chi connectivity index (χ1n) is 6.28. The molecule has 0 radical (unpaired) electrons. The summed E-state index contributed by atoms with van der Waals surface area (Å²) in [5.41, 5.74) is -1.68. The number of aliphatic carboxylic acids is 1. The van der Waals surface area contributed by atoms with Crippen molar-refractivity contribution in [1.29, 1.82) is 0 Å². The van der Waals surface area contributed by atoms with Crippen LogP contribution in [0.4, 0.5) is 19.3 Å². The van der Waals surface area contributed by atoms with Gasteiger partial charge in [-0.3, -0.25) is 0 Å². The molecule has 0 bridgehead atoms. The van der Waals surface area contributed by atoms with Crippen molar-refractivity contribution in [2.45, 2.75) is 18.4 Å². The van der Waals surface area contributed by atoms with Crippen LogP contribution in [-0.4, -0.2) is 35.9 Å². The minimum Gasteiger partial charge on any atom is -0.480 e. The highest BCUT2D eigenvalue weighted by molar-refractivity contribution is 5.94. The van der Waals surface area contributed by atoms with Crippen molar-refractivity contribution in [3.8, 4) is 0 Å². The number of benzene rings is 1. The maximum Gasteiger partial charge on any atom is 0.329 e. The molecule has 6 nitrogen and oxygen atoms in total. The Morgan fingerprint density at radius 3 is 2.48 bits per heavy atom. The number of nitrogens with one attached hydrogen (secondary N) is 2. The molecule has 0 aromatic heterocycles. The molecule has 1 aliphatic rings. The minimum absolute atomic E-state index is 0.113. The van der Waals surface area contributed by atoms with Crippen molar-refractivity contribution in [3.05, 3.63) is 29.8 Å². The molecule has 2 rings (SSSR count). The van der Waals surface area contributed by atoms with Gasteiger partial charge in [0.2, 0.25) is 0 Å². The van der Waals surface area contributed by atoms with Gasteiger partial charge in [0.15, 0.2) is 0 Å². The fourth-order valence-electron chi connectivity index (χ4n) is 2.07. The first-order chi connectivity index (χ1) is 9.93. The Labute approximate surface area is 119 Å². The number of carboxylic acid groups (broad SMARTS) is 1. The van der Waals surface area contributed by atoms with E-state index in [4.69, 9.17) is 4.74 Å². The first-order valence-corrected chi connectivity index (χ1v) is 6.28. The molecule has 1 heterocycles. The maximum atomic E-state index is 13.4. The fraction of sp³-hybridized carbons (Fsp3) is 0.385. The number of hydrogen-bond donors (Lipinski definition) is 3. The van der Waals surface area contributed by atoms with E-state index in [2.05, 4.69) is 10.6 Å². The van der Waals surface area contributed by atoms with Crippen LogP contribution in [0.2, 0.25) is 0 Å². The molecule has 0 atom stereocenters.